The van der Waals surface area contributed by atoms with E-state index in [9.17, 15) is 18.4 Å². The first-order valence-corrected chi connectivity index (χ1v) is 10.4. The van der Waals surface area contributed by atoms with Crippen molar-refractivity contribution in [3.8, 4) is 0 Å². The van der Waals surface area contributed by atoms with Crippen molar-refractivity contribution in [1.82, 2.24) is 10.3 Å². The third kappa shape index (κ3) is 5.02. The molecular weight excluding hydrogens is 428 g/mol. The number of ether oxygens (including phenoxy) is 1. The Hall–Kier alpha value is -2.58. The maximum atomic E-state index is 14.1. The van der Waals surface area contributed by atoms with Gasteiger partial charge in [0.15, 0.2) is 5.54 Å². The van der Waals surface area contributed by atoms with E-state index in [4.69, 9.17) is 16.3 Å². The van der Waals surface area contributed by atoms with Crippen LogP contribution in [-0.4, -0.2) is 41.7 Å². The van der Waals surface area contributed by atoms with Gasteiger partial charge in [-0.2, -0.15) is 0 Å². The fourth-order valence-electron chi connectivity index (χ4n) is 3.60. The standard InChI is InChI=1S/C22H24ClF2N3O3/c1-14-3-5-18(6-4-14)28(20(29)19(23)25)22(2,15-11-16(24)13-26-12-15)21(30)27-17-7-9-31-10-8-17/h3-6,11-13,17,19H,7-10H2,1-2H3,(H,27,30)/t19-,22-/m0/s1. The second-order valence-electron chi connectivity index (χ2n) is 7.63. The topological polar surface area (TPSA) is 71.5 Å². The van der Waals surface area contributed by atoms with Gasteiger partial charge >= 0.3 is 0 Å². The molecule has 0 aliphatic carbocycles. The van der Waals surface area contributed by atoms with Crippen molar-refractivity contribution in [3.63, 3.8) is 0 Å². The van der Waals surface area contributed by atoms with Gasteiger partial charge in [-0.25, -0.2) is 8.78 Å². The number of rotatable bonds is 6. The highest BCUT2D eigenvalue weighted by molar-refractivity contribution is 6.32. The Morgan fingerprint density at radius 2 is 1.90 bits per heavy atom. The number of carbonyl (C=O) groups excluding carboxylic acids is 2. The Labute approximate surface area is 184 Å². The number of halogens is 3. The minimum absolute atomic E-state index is 0.0864. The van der Waals surface area contributed by atoms with E-state index in [2.05, 4.69) is 10.3 Å². The zero-order valence-corrected chi connectivity index (χ0v) is 18.0. The third-order valence-corrected chi connectivity index (χ3v) is 5.60. The Morgan fingerprint density at radius 3 is 2.48 bits per heavy atom. The van der Waals surface area contributed by atoms with E-state index in [0.29, 0.717) is 26.1 Å². The Morgan fingerprint density at radius 1 is 1.26 bits per heavy atom. The molecule has 3 rings (SSSR count). The summed E-state index contributed by atoms with van der Waals surface area (Å²) in [5.74, 6) is -2.43. The van der Waals surface area contributed by atoms with Crippen molar-refractivity contribution >= 4 is 29.1 Å². The molecule has 1 aromatic heterocycles. The normalized spacial score (nSPS) is 17.5. The van der Waals surface area contributed by atoms with Crippen LogP contribution in [0.3, 0.4) is 0 Å². The largest absolute Gasteiger partial charge is 0.381 e. The average molecular weight is 452 g/mol. The van der Waals surface area contributed by atoms with Gasteiger partial charge in [0.05, 0.1) is 6.20 Å². The van der Waals surface area contributed by atoms with Crippen molar-refractivity contribution in [2.45, 2.75) is 43.9 Å². The second kappa shape index (κ2) is 9.70. The Balaban J connectivity index is 2.14. The molecule has 1 saturated heterocycles. The first kappa shape index (κ1) is 23.1. The van der Waals surface area contributed by atoms with Gasteiger partial charge in [0.1, 0.15) is 5.82 Å². The van der Waals surface area contributed by atoms with Gasteiger partial charge < -0.3 is 10.1 Å². The molecule has 1 aliphatic rings. The molecule has 2 amide bonds. The summed E-state index contributed by atoms with van der Waals surface area (Å²) in [6, 6.07) is 7.51. The summed E-state index contributed by atoms with van der Waals surface area (Å²) in [6.45, 7) is 4.24. The molecule has 0 bridgehead atoms. The van der Waals surface area contributed by atoms with Crippen LogP contribution in [-0.2, 0) is 19.9 Å². The molecule has 2 heterocycles. The average Bonchev–Trinajstić information content (AvgIpc) is 2.75. The van der Waals surface area contributed by atoms with Crippen LogP contribution in [0, 0.1) is 12.7 Å². The Bertz CT molecular complexity index is 936. The van der Waals surface area contributed by atoms with Crippen molar-refractivity contribution in [3.05, 3.63) is 59.7 Å². The molecule has 0 saturated carbocycles. The molecule has 31 heavy (non-hydrogen) atoms. The molecule has 2 atom stereocenters. The summed E-state index contributed by atoms with van der Waals surface area (Å²) in [6.07, 6.45) is 3.44. The number of alkyl halides is 2. The van der Waals surface area contributed by atoms with Gasteiger partial charge in [0.25, 0.3) is 17.4 Å². The number of pyridine rings is 1. The summed E-state index contributed by atoms with van der Waals surface area (Å²) < 4.78 is 33.5. The van der Waals surface area contributed by atoms with Crippen LogP contribution < -0.4 is 10.2 Å². The minimum atomic E-state index is -2.40. The monoisotopic (exact) mass is 451 g/mol. The molecule has 1 fully saturated rings. The molecule has 166 valence electrons. The van der Waals surface area contributed by atoms with Crippen LogP contribution in [0.25, 0.3) is 0 Å². The first-order valence-electron chi connectivity index (χ1n) is 9.92. The molecule has 6 nitrogen and oxygen atoms in total. The SMILES string of the molecule is Cc1ccc(N(C(=O)[C@H](F)Cl)[C@](C)(C(=O)NC2CCOCC2)c2cncc(F)c2)cc1. The van der Waals surface area contributed by atoms with E-state index < -0.39 is 28.8 Å². The van der Waals surface area contributed by atoms with Crippen molar-refractivity contribution in [1.29, 1.82) is 0 Å². The van der Waals surface area contributed by atoms with E-state index in [1.165, 1.54) is 13.1 Å². The van der Waals surface area contributed by atoms with Crippen molar-refractivity contribution in [2.75, 3.05) is 18.1 Å². The Kier molecular flexibility index (Phi) is 7.23. The van der Waals surface area contributed by atoms with Crippen LogP contribution in [0.2, 0.25) is 0 Å². The van der Waals surface area contributed by atoms with E-state index in [1.807, 2.05) is 6.92 Å². The zero-order valence-electron chi connectivity index (χ0n) is 17.3. The number of hydrogen-bond donors (Lipinski definition) is 1. The number of aromatic nitrogens is 1. The highest BCUT2D eigenvalue weighted by Crippen LogP contribution is 2.35. The van der Waals surface area contributed by atoms with Gasteiger partial charge in [0.2, 0.25) is 0 Å². The predicted octanol–water partition coefficient (Wildman–Crippen LogP) is 3.61. The number of anilines is 1. The van der Waals surface area contributed by atoms with Crippen LogP contribution in [0.15, 0.2) is 42.7 Å². The summed E-state index contributed by atoms with van der Waals surface area (Å²) in [5.41, 5.74) is -2.99. The van der Waals surface area contributed by atoms with Gasteiger partial charge in [0, 0.05) is 36.7 Å². The first-order chi connectivity index (χ1) is 14.7. The lowest BCUT2D eigenvalue weighted by Crippen LogP contribution is -2.60. The number of amides is 2. The van der Waals surface area contributed by atoms with Crippen molar-refractivity contribution < 1.29 is 23.1 Å². The van der Waals surface area contributed by atoms with E-state index >= 15 is 0 Å². The predicted molar refractivity (Wildman–Crippen MR) is 113 cm³/mol. The van der Waals surface area contributed by atoms with Crippen LogP contribution >= 0.6 is 11.6 Å². The highest BCUT2D eigenvalue weighted by Gasteiger charge is 2.47. The number of carbonyl (C=O) groups is 2. The molecule has 1 aliphatic heterocycles. The lowest BCUT2D eigenvalue weighted by Gasteiger charge is -2.41. The van der Waals surface area contributed by atoms with Crippen LogP contribution in [0.1, 0.15) is 30.9 Å². The fourth-order valence-corrected chi connectivity index (χ4v) is 3.70. The molecule has 9 heteroatoms. The molecular formula is C22H24ClF2N3O3. The smallest absolute Gasteiger partial charge is 0.278 e. The molecule has 2 aromatic rings. The lowest BCUT2D eigenvalue weighted by molar-refractivity contribution is -0.132. The number of hydrogen-bond acceptors (Lipinski definition) is 4. The van der Waals surface area contributed by atoms with Gasteiger partial charge in [-0.05, 0) is 44.9 Å². The quantitative estimate of drug-likeness (QED) is 0.681. The highest BCUT2D eigenvalue weighted by atomic mass is 35.5. The zero-order chi connectivity index (χ0) is 22.6. The molecule has 0 radical (unpaired) electrons. The van der Waals surface area contributed by atoms with E-state index in [0.717, 1.165) is 22.7 Å². The molecule has 0 spiro atoms. The summed E-state index contributed by atoms with van der Waals surface area (Å²) >= 11 is 5.53. The second-order valence-corrected chi connectivity index (χ2v) is 8.02. The number of aryl methyl sites for hydroxylation is 1. The fraction of sp³-hybridized carbons (Fsp3) is 0.409. The molecule has 0 unspecified atom stereocenters. The summed E-state index contributed by atoms with van der Waals surface area (Å²) in [5, 5.41) is 2.90. The number of nitrogens with zero attached hydrogens (tertiary/aromatic N) is 2. The number of nitrogens with one attached hydrogen (secondary N) is 1. The van der Waals surface area contributed by atoms with E-state index in [-0.39, 0.29) is 17.3 Å². The minimum Gasteiger partial charge on any atom is -0.381 e. The summed E-state index contributed by atoms with van der Waals surface area (Å²) in [7, 11) is 0. The number of benzene rings is 1. The summed E-state index contributed by atoms with van der Waals surface area (Å²) in [4.78, 5) is 31.3. The van der Waals surface area contributed by atoms with Crippen molar-refractivity contribution in [2.24, 2.45) is 0 Å². The third-order valence-electron chi connectivity index (χ3n) is 5.41. The molecule has 1 N–H and O–H groups in total. The van der Waals surface area contributed by atoms with Gasteiger partial charge in [-0.15, -0.1) is 0 Å². The van der Waals surface area contributed by atoms with Gasteiger partial charge in [-0.1, -0.05) is 29.3 Å². The van der Waals surface area contributed by atoms with Crippen LogP contribution in [0.4, 0.5) is 14.5 Å². The van der Waals surface area contributed by atoms with Crippen LogP contribution in [0.5, 0.6) is 0 Å². The maximum absolute atomic E-state index is 14.1. The molecule has 1 aromatic carbocycles. The maximum Gasteiger partial charge on any atom is 0.278 e. The van der Waals surface area contributed by atoms with E-state index in [1.54, 1.807) is 24.3 Å². The lowest BCUT2D eigenvalue weighted by atomic mass is 9.88. The van der Waals surface area contributed by atoms with Gasteiger partial charge in [-0.3, -0.25) is 19.5 Å².